The molecule has 1 N–H and O–H groups in total. The van der Waals surface area contributed by atoms with Gasteiger partial charge in [-0.05, 0) is 32.0 Å². The van der Waals surface area contributed by atoms with Gasteiger partial charge in [0.2, 0.25) is 0 Å². The quantitative estimate of drug-likeness (QED) is 0.409. The molecular weight excluding hydrogens is 358 g/mol. The fourth-order valence-electron chi connectivity index (χ4n) is 1.95. The van der Waals surface area contributed by atoms with Crippen LogP contribution in [0, 0.1) is 0 Å². The Labute approximate surface area is 156 Å². The summed E-state index contributed by atoms with van der Waals surface area (Å²) in [6.45, 7) is 3.54. The monoisotopic (exact) mass is 379 g/mol. The Morgan fingerprint density at radius 2 is 1.59 bits per heavy atom. The Morgan fingerprint density at radius 1 is 0.963 bits per heavy atom. The second-order valence-corrected chi connectivity index (χ2v) is 4.90. The molecule has 0 fully saturated rings. The van der Waals surface area contributed by atoms with Crippen LogP contribution in [0.15, 0.2) is 30.0 Å². The van der Waals surface area contributed by atoms with E-state index in [9.17, 15) is 19.2 Å². The van der Waals surface area contributed by atoms with Crippen molar-refractivity contribution in [1.29, 1.82) is 0 Å². The van der Waals surface area contributed by atoms with Gasteiger partial charge >= 0.3 is 23.9 Å². The van der Waals surface area contributed by atoms with E-state index in [-0.39, 0.29) is 35.7 Å². The van der Waals surface area contributed by atoms with Gasteiger partial charge < -0.3 is 24.3 Å². The number of nitrogens with one attached hydrogen (secondary N) is 1. The maximum absolute atomic E-state index is 12.3. The highest BCUT2D eigenvalue weighted by Gasteiger charge is 2.20. The normalized spacial score (nSPS) is 10.6. The number of esters is 4. The van der Waals surface area contributed by atoms with Crippen molar-refractivity contribution in [2.45, 2.75) is 13.8 Å². The van der Waals surface area contributed by atoms with Crippen LogP contribution in [0.3, 0.4) is 0 Å². The SMILES string of the molecule is CCOC(=O)c1ccc(N/C(=C/C(=O)OC)C(=O)OC)c(C(=O)OCC)c1. The lowest BCUT2D eigenvalue weighted by Gasteiger charge is -2.14. The molecule has 0 unspecified atom stereocenters. The van der Waals surface area contributed by atoms with E-state index in [1.54, 1.807) is 13.8 Å². The summed E-state index contributed by atoms with van der Waals surface area (Å²) < 4.78 is 19.0. The number of carbonyl (C=O) groups excluding carboxylic acids is 4. The van der Waals surface area contributed by atoms with Gasteiger partial charge in [-0.25, -0.2) is 19.2 Å². The smallest absolute Gasteiger partial charge is 0.354 e. The Hall–Kier alpha value is -3.36. The van der Waals surface area contributed by atoms with Crippen molar-refractivity contribution < 1.29 is 38.1 Å². The number of hydrogen-bond donors (Lipinski definition) is 1. The molecular formula is C18H21NO8. The van der Waals surface area contributed by atoms with Gasteiger partial charge in [0.15, 0.2) is 0 Å². The molecule has 0 saturated carbocycles. The van der Waals surface area contributed by atoms with Gasteiger partial charge in [-0.15, -0.1) is 0 Å². The lowest BCUT2D eigenvalue weighted by molar-refractivity contribution is -0.138. The molecule has 0 aromatic heterocycles. The van der Waals surface area contributed by atoms with Crippen LogP contribution >= 0.6 is 0 Å². The molecule has 0 radical (unpaired) electrons. The number of carbonyl (C=O) groups is 4. The molecule has 27 heavy (non-hydrogen) atoms. The molecule has 0 bridgehead atoms. The van der Waals surface area contributed by atoms with Crippen molar-refractivity contribution >= 4 is 29.6 Å². The summed E-state index contributed by atoms with van der Waals surface area (Å²) in [5.74, 6) is -3.00. The van der Waals surface area contributed by atoms with Gasteiger partial charge in [0.05, 0.1) is 50.3 Å². The van der Waals surface area contributed by atoms with Gasteiger partial charge in [0.25, 0.3) is 0 Å². The van der Waals surface area contributed by atoms with E-state index in [1.807, 2.05) is 0 Å². The van der Waals surface area contributed by atoms with E-state index in [1.165, 1.54) is 18.2 Å². The van der Waals surface area contributed by atoms with Crippen molar-refractivity contribution in [1.82, 2.24) is 0 Å². The summed E-state index contributed by atoms with van der Waals surface area (Å²) in [6, 6.07) is 4.05. The molecule has 0 aliphatic heterocycles. The van der Waals surface area contributed by atoms with E-state index >= 15 is 0 Å². The largest absolute Gasteiger partial charge is 0.466 e. The molecule has 146 valence electrons. The van der Waals surface area contributed by atoms with Crippen molar-refractivity contribution in [3.8, 4) is 0 Å². The van der Waals surface area contributed by atoms with Crippen molar-refractivity contribution in [2.24, 2.45) is 0 Å². The summed E-state index contributed by atoms with van der Waals surface area (Å²) in [4.78, 5) is 47.5. The minimum Gasteiger partial charge on any atom is -0.466 e. The van der Waals surface area contributed by atoms with Crippen LogP contribution in [0.25, 0.3) is 0 Å². The third kappa shape index (κ3) is 6.14. The molecule has 0 spiro atoms. The maximum Gasteiger partial charge on any atom is 0.354 e. The van der Waals surface area contributed by atoms with Crippen LogP contribution in [0.2, 0.25) is 0 Å². The Bertz CT molecular complexity index is 754. The van der Waals surface area contributed by atoms with E-state index in [0.29, 0.717) is 0 Å². The molecule has 1 aromatic carbocycles. The number of hydrogen-bond acceptors (Lipinski definition) is 9. The maximum atomic E-state index is 12.3. The summed E-state index contributed by atoms with van der Waals surface area (Å²) in [6.07, 6.45) is 0.875. The number of rotatable bonds is 8. The standard InChI is InChI=1S/C18H21NO8/c1-5-26-16(21)11-7-8-13(12(9-11)17(22)27-6-2)19-14(18(23)25-4)10-15(20)24-3/h7-10,19H,5-6H2,1-4H3/b14-10+. The second kappa shape index (κ2) is 10.6. The van der Waals surface area contributed by atoms with Crippen LogP contribution in [-0.2, 0) is 28.5 Å². The predicted octanol–water partition coefficient (Wildman–Crippen LogP) is 1.68. The van der Waals surface area contributed by atoms with Crippen molar-refractivity contribution in [2.75, 3.05) is 32.8 Å². The summed E-state index contributed by atoms with van der Waals surface area (Å²) in [5, 5.41) is 2.63. The minimum absolute atomic E-state index is 0.0259. The molecule has 0 aliphatic rings. The van der Waals surface area contributed by atoms with Crippen LogP contribution in [0.1, 0.15) is 34.6 Å². The molecule has 9 nitrogen and oxygen atoms in total. The first kappa shape index (κ1) is 21.7. The highest BCUT2D eigenvalue weighted by molar-refractivity contribution is 6.03. The Balaban J connectivity index is 3.36. The molecule has 1 aromatic rings. The van der Waals surface area contributed by atoms with Crippen molar-refractivity contribution in [3.05, 3.63) is 41.1 Å². The van der Waals surface area contributed by atoms with Gasteiger partial charge in [-0.1, -0.05) is 0 Å². The third-order valence-corrected chi connectivity index (χ3v) is 3.16. The van der Waals surface area contributed by atoms with Crippen molar-refractivity contribution in [3.63, 3.8) is 0 Å². The Kier molecular flexibility index (Phi) is 8.50. The fourth-order valence-corrected chi connectivity index (χ4v) is 1.95. The van der Waals surface area contributed by atoms with E-state index in [2.05, 4.69) is 14.8 Å². The molecule has 0 heterocycles. The number of anilines is 1. The van der Waals surface area contributed by atoms with Gasteiger partial charge in [0, 0.05) is 0 Å². The molecule has 0 aliphatic carbocycles. The number of methoxy groups -OCH3 is 2. The zero-order chi connectivity index (χ0) is 20.4. The lowest BCUT2D eigenvalue weighted by atomic mass is 10.1. The minimum atomic E-state index is -0.857. The molecule has 9 heteroatoms. The molecule has 0 amide bonds. The first-order valence-corrected chi connectivity index (χ1v) is 8.01. The summed E-state index contributed by atoms with van der Waals surface area (Å²) >= 11 is 0. The highest BCUT2D eigenvalue weighted by atomic mass is 16.5. The second-order valence-electron chi connectivity index (χ2n) is 4.90. The van der Waals surface area contributed by atoms with Gasteiger partial charge in [-0.2, -0.15) is 0 Å². The average Bonchev–Trinajstić information content (AvgIpc) is 2.67. The predicted molar refractivity (Wildman–Crippen MR) is 94.1 cm³/mol. The third-order valence-electron chi connectivity index (χ3n) is 3.16. The van der Waals surface area contributed by atoms with E-state index in [0.717, 1.165) is 20.3 Å². The average molecular weight is 379 g/mol. The fraction of sp³-hybridized carbons (Fsp3) is 0.333. The molecule has 0 saturated heterocycles. The molecule has 0 atom stereocenters. The number of benzene rings is 1. The summed E-state index contributed by atoms with van der Waals surface area (Å²) in [7, 11) is 2.27. The molecule has 1 rings (SSSR count). The lowest BCUT2D eigenvalue weighted by Crippen LogP contribution is -2.18. The van der Waals surface area contributed by atoms with Crippen LogP contribution in [0.5, 0.6) is 0 Å². The topological polar surface area (TPSA) is 117 Å². The highest BCUT2D eigenvalue weighted by Crippen LogP contribution is 2.22. The zero-order valence-electron chi connectivity index (χ0n) is 15.5. The van der Waals surface area contributed by atoms with Gasteiger partial charge in [0.1, 0.15) is 5.70 Å². The Morgan fingerprint density at radius 3 is 2.15 bits per heavy atom. The van der Waals surface area contributed by atoms with Crippen LogP contribution in [0.4, 0.5) is 5.69 Å². The zero-order valence-corrected chi connectivity index (χ0v) is 15.5. The van der Waals surface area contributed by atoms with E-state index < -0.39 is 23.9 Å². The number of ether oxygens (including phenoxy) is 4. The summed E-state index contributed by atoms with van der Waals surface area (Å²) in [5.41, 5.74) is -0.0371. The van der Waals surface area contributed by atoms with Crippen LogP contribution < -0.4 is 5.32 Å². The first-order valence-electron chi connectivity index (χ1n) is 8.01. The van der Waals surface area contributed by atoms with Gasteiger partial charge in [-0.3, -0.25) is 0 Å². The van der Waals surface area contributed by atoms with Crippen LogP contribution in [-0.4, -0.2) is 51.3 Å². The van der Waals surface area contributed by atoms with E-state index in [4.69, 9.17) is 9.47 Å². The first-order chi connectivity index (χ1) is 12.9.